The van der Waals surface area contributed by atoms with Crippen molar-refractivity contribution in [3.05, 3.63) is 168 Å². The molecule has 0 saturated heterocycles. The van der Waals surface area contributed by atoms with Crippen LogP contribution < -0.4 is 0 Å². The van der Waals surface area contributed by atoms with E-state index in [-0.39, 0.29) is 0 Å². The predicted octanol–water partition coefficient (Wildman–Crippen LogP) is 10.8. The molecule has 0 amide bonds. The van der Waals surface area contributed by atoms with Gasteiger partial charge in [-0.05, 0) is 47.5 Å². The minimum absolute atomic E-state index is 0.422. The van der Waals surface area contributed by atoms with E-state index in [0.717, 1.165) is 60.3 Å². The molecule has 0 spiro atoms. The largest absolute Gasteiger partial charge is 0.308 e. The Morgan fingerprint density at radius 3 is 1.30 bits per heavy atom. The Kier molecular flexibility index (Phi) is 6.56. The van der Waals surface area contributed by atoms with E-state index in [1.54, 1.807) is 6.07 Å². The topological polar surface area (TPSA) is 81.2 Å². The highest BCUT2D eigenvalue weighted by molar-refractivity contribution is 6.12. The van der Waals surface area contributed by atoms with E-state index in [2.05, 4.69) is 75.9 Å². The summed E-state index contributed by atoms with van der Waals surface area (Å²) >= 11 is 0. The van der Waals surface area contributed by atoms with E-state index in [4.69, 9.17) is 0 Å². The first-order valence-electron chi connectivity index (χ1n) is 16.3. The first kappa shape index (κ1) is 28.8. The highest BCUT2D eigenvalue weighted by Gasteiger charge is 2.28. The van der Waals surface area contributed by atoms with Gasteiger partial charge in [-0.3, -0.25) is 0 Å². The van der Waals surface area contributed by atoms with Crippen molar-refractivity contribution in [2.45, 2.75) is 0 Å². The molecular weight excluding hydrogens is 611 g/mol. The Bertz CT molecular complexity index is 2870. The molecule has 0 saturated carbocycles. The summed E-state index contributed by atoms with van der Waals surface area (Å²) in [4.78, 5) is 0. The Balaban J connectivity index is 1.52. The molecule has 0 atom stereocenters. The fourth-order valence-electron chi connectivity index (χ4n) is 7.62. The van der Waals surface area contributed by atoms with Crippen molar-refractivity contribution in [3.63, 3.8) is 0 Å². The number of hydrogen-bond acceptors (Lipinski definition) is 3. The third-order valence-corrected chi connectivity index (χ3v) is 9.67. The standard InChI is InChI=1S/C45H25N5/c46-26-29-13-1-2-14-31(29)32-15-3-4-20-37(32)44-38(28-48)43(49-39-21-9-5-16-33(39)34-17-6-10-22-40(34)49)25-30(27-47)45(44)50-41-23-11-7-18-35(41)36-19-8-12-24-42(36)50/h1-25H. The summed E-state index contributed by atoms with van der Waals surface area (Å²) < 4.78 is 4.23. The number of rotatable bonds is 4. The highest BCUT2D eigenvalue weighted by atomic mass is 15.0. The second-order valence-corrected chi connectivity index (χ2v) is 12.2. The lowest BCUT2D eigenvalue weighted by atomic mass is 9.87. The van der Waals surface area contributed by atoms with E-state index in [1.165, 1.54) is 0 Å². The fraction of sp³-hybridized carbons (Fsp3) is 0. The lowest BCUT2D eigenvalue weighted by Crippen LogP contribution is -2.08. The molecule has 0 aliphatic carbocycles. The molecule has 230 valence electrons. The van der Waals surface area contributed by atoms with Crippen LogP contribution in [0.15, 0.2) is 152 Å². The zero-order valence-electron chi connectivity index (χ0n) is 26.7. The molecule has 7 aromatic carbocycles. The van der Waals surface area contributed by atoms with Crippen molar-refractivity contribution in [2.75, 3.05) is 0 Å². The maximum atomic E-state index is 11.4. The number of hydrogen-bond donors (Lipinski definition) is 0. The normalized spacial score (nSPS) is 11.1. The van der Waals surface area contributed by atoms with Gasteiger partial charge >= 0.3 is 0 Å². The van der Waals surface area contributed by atoms with Gasteiger partial charge in [0.25, 0.3) is 0 Å². The molecule has 5 heteroatoms. The van der Waals surface area contributed by atoms with Gasteiger partial charge in [0.05, 0.1) is 56.2 Å². The van der Waals surface area contributed by atoms with Gasteiger partial charge in [-0.25, -0.2) is 0 Å². The SMILES string of the molecule is N#Cc1ccccc1-c1ccccc1-c1c(C#N)c(-n2c3ccccc3c3ccccc32)cc(C#N)c1-n1c2ccccc2c2ccccc21. The van der Waals surface area contributed by atoms with Crippen LogP contribution in [0.1, 0.15) is 16.7 Å². The van der Waals surface area contributed by atoms with Gasteiger partial charge in [0, 0.05) is 32.7 Å². The van der Waals surface area contributed by atoms with Crippen LogP contribution in [0.5, 0.6) is 0 Å². The smallest absolute Gasteiger partial charge is 0.102 e. The summed E-state index contributed by atoms with van der Waals surface area (Å²) in [6, 6.07) is 57.5. The average molecular weight is 636 g/mol. The molecule has 50 heavy (non-hydrogen) atoms. The van der Waals surface area contributed by atoms with E-state index >= 15 is 0 Å². The van der Waals surface area contributed by atoms with Gasteiger partial charge in [-0.2, -0.15) is 15.8 Å². The van der Waals surface area contributed by atoms with Crippen LogP contribution >= 0.6 is 0 Å². The summed E-state index contributed by atoms with van der Waals surface area (Å²) in [7, 11) is 0. The first-order chi connectivity index (χ1) is 24.7. The van der Waals surface area contributed by atoms with E-state index in [9.17, 15) is 15.8 Å². The van der Waals surface area contributed by atoms with Crippen molar-refractivity contribution in [3.8, 4) is 51.8 Å². The third kappa shape index (κ3) is 4.10. The van der Waals surface area contributed by atoms with Crippen LogP contribution in [0.3, 0.4) is 0 Å². The van der Waals surface area contributed by atoms with E-state index < -0.39 is 0 Å². The molecule has 0 aliphatic rings. The second kappa shape index (κ2) is 11.4. The second-order valence-electron chi connectivity index (χ2n) is 12.2. The molecule has 0 radical (unpaired) electrons. The number of benzene rings is 7. The number of nitrogens with zero attached hydrogens (tertiary/aromatic N) is 5. The van der Waals surface area contributed by atoms with Gasteiger partial charge in [-0.15, -0.1) is 0 Å². The first-order valence-corrected chi connectivity index (χ1v) is 16.3. The molecule has 9 aromatic rings. The van der Waals surface area contributed by atoms with Crippen molar-refractivity contribution < 1.29 is 0 Å². The molecule has 5 nitrogen and oxygen atoms in total. The average Bonchev–Trinajstić information content (AvgIpc) is 3.70. The summed E-state index contributed by atoms with van der Waals surface area (Å²) in [5, 5.41) is 36.9. The van der Waals surface area contributed by atoms with Crippen LogP contribution in [0.25, 0.3) is 77.2 Å². The van der Waals surface area contributed by atoms with Gasteiger partial charge < -0.3 is 9.13 Å². The minimum atomic E-state index is 0.422. The molecule has 0 fully saturated rings. The molecule has 2 aromatic heterocycles. The molecule has 0 unspecified atom stereocenters. The third-order valence-electron chi connectivity index (χ3n) is 9.67. The quantitative estimate of drug-likeness (QED) is 0.193. The summed E-state index contributed by atoms with van der Waals surface area (Å²) in [6.07, 6.45) is 0. The molecular formula is C45H25N5. The molecule has 9 rings (SSSR count). The Labute approximate surface area is 287 Å². The minimum Gasteiger partial charge on any atom is -0.308 e. The number of aromatic nitrogens is 2. The zero-order valence-corrected chi connectivity index (χ0v) is 26.7. The van der Waals surface area contributed by atoms with Crippen molar-refractivity contribution in [1.29, 1.82) is 15.8 Å². The number of para-hydroxylation sites is 4. The Morgan fingerprint density at radius 2 is 0.800 bits per heavy atom. The summed E-state index contributed by atoms with van der Waals surface area (Å²) in [5.41, 5.74) is 9.26. The van der Waals surface area contributed by atoms with E-state index in [0.29, 0.717) is 33.6 Å². The van der Waals surface area contributed by atoms with Crippen LogP contribution in [0, 0.1) is 34.0 Å². The van der Waals surface area contributed by atoms with Crippen molar-refractivity contribution in [2.24, 2.45) is 0 Å². The van der Waals surface area contributed by atoms with Gasteiger partial charge in [0.1, 0.15) is 12.1 Å². The van der Waals surface area contributed by atoms with Crippen LogP contribution in [0.4, 0.5) is 0 Å². The van der Waals surface area contributed by atoms with Gasteiger partial charge in [0.2, 0.25) is 0 Å². The predicted molar refractivity (Wildman–Crippen MR) is 200 cm³/mol. The Hall–Kier alpha value is -7.39. The highest BCUT2D eigenvalue weighted by Crippen LogP contribution is 2.46. The van der Waals surface area contributed by atoms with Crippen LogP contribution in [-0.2, 0) is 0 Å². The Morgan fingerprint density at radius 1 is 0.380 bits per heavy atom. The monoisotopic (exact) mass is 635 g/mol. The molecule has 0 N–H and O–H groups in total. The van der Waals surface area contributed by atoms with Gasteiger partial charge in [-0.1, -0.05) is 115 Å². The lowest BCUT2D eigenvalue weighted by molar-refractivity contribution is 1.13. The zero-order chi connectivity index (χ0) is 33.8. The summed E-state index contributed by atoms with van der Waals surface area (Å²) in [6.45, 7) is 0. The lowest BCUT2D eigenvalue weighted by Gasteiger charge is -2.23. The molecule has 0 aliphatic heterocycles. The number of fused-ring (bicyclic) bond motifs is 6. The molecule has 2 heterocycles. The summed E-state index contributed by atoms with van der Waals surface area (Å²) in [5.74, 6) is 0. The fourth-order valence-corrected chi connectivity index (χ4v) is 7.62. The van der Waals surface area contributed by atoms with Gasteiger partial charge in [0.15, 0.2) is 0 Å². The van der Waals surface area contributed by atoms with Crippen LogP contribution in [-0.4, -0.2) is 9.13 Å². The maximum Gasteiger partial charge on any atom is 0.102 e. The van der Waals surface area contributed by atoms with Crippen molar-refractivity contribution in [1.82, 2.24) is 9.13 Å². The molecule has 0 bridgehead atoms. The van der Waals surface area contributed by atoms with E-state index in [1.807, 2.05) is 97.1 Å². The van der Waals surface area contributed by atoms with Crippen molar-refractivity contribution >= 4 is 43.6 Å². The number of nitriles is 3. The van der Waals surface area contributed by atoms with Crippen LogP contribution in [0.2, 0.25) is 0 Å². The maximum absolute atomic E-state index is 11.4.